The molecule has 3 aromatic rings. The van der Waals surface area contributed by atoms with Crippen LogP contribution in [0.15, 0.2) is 59.3 Å². The second kappa shape index (κ2) is 11.9. The minimum Gasteiger partial charge on any atom is -0.496 e. The maximum Gasteiger partial charge on any atom is 0.490 e. The normalized spacial score (nSPS) is 11.2. The topological polar surface area (TPSA) is 64.4 Å². The Kier molecular flexibility index (Phi) is 9.52. The number of benzene rings is 2. The van der Waals surface area contributed by atoms with Gasteiger partial charge < -0.3 is 14.4 Å². The van der Waals surface area contributed by atoms with Gasteiger partial charge in [0.2, 0.25) is 0 Å². The fourth-order valence-corrected chi connectivity index (χ4v) is 3.46. The van der Waals surface area contributed by atoms with Crippen LogP contribution in [0.3, 0.4) is 0 Å². The first-order valence-electron chi connectivity index (χ1n) is 10.2. The third kappa shape index (κ3) is 7.92. The number of hydrogen-bond donors (Lipinski definition) is 1. The highest BCUT2D eigenvalue weighted by molar-refractivity contribution is 9.10. The summed E-state index contributed by atoms with van der Waals surface area (Å²) in [5.74, 6) is -1.23. The summed E-state index contributed by atoms with van der Waals surface area (Å²) >= 11 is 3.51. The molecule has 178 valence electrons. The van der Waals surface area contributed by atoms with Gasteiger partial charge in [0.1, 0.15) is 5.75 Å². The van der Waals surface area contributed by atoms with Gasteiger partial charge in [-0.3, -0.25) is 0 Å². The Morgan fingerprint density at radius 2 is 1.76 bits per heavy atom. The molecule has 0 atom stereocenters. The lowest BCUT2D eigenvalue weighted by Crippen LogP contribution is -2.21. The van der Waals surface area contributed by atoms with Crippen LogP contribution in [-0.4, -0.2) is 33.9 Å². The lowest BCUT2D eigenvalue weighted by atomic mass is 10.0. The predicted octanol–water partition coefficient (Wildman–Crippen LogP) is 6.40. The summed E-state index contributed by atoms with van der Waals surface area (Å²) in [6, 6.07) is 16.6. The predicted molar refractivity (Wildman–Crippen MR) is 124 cm³/mol. The van der Waals surface area contributed by atoms with Crippen molar-refractivity contribution in [1.29, 1.82) is 0 Å². The fourth-order valence-electron chi connectivity index (χ4n) is 3.20. The van der Waals surface area contributed by atoms with Gasteiger partial charge in [-0.15, -0.1) is 0 Å². The van der Waals surface area contributed by atoms with Crippen molar-refractivity contribution >= 4 is 21.9 Å². The van der Waals surface area contributed by atoms with Crippen LogP contribution in [0.25, 0.3) is 11.3 Å². The Morgan fingerprint density at radius 3 is 2.30 bits per heavy atom. The van der Waals surface area contributed by atoms with E-state index in [2.05, 4.69) is 70.7 Å². The molecule has 9 heteroatoms. The molecule has 0 unspecified atom stereocenters. The molecule has 0 saturated carbocycles. The molecule has 0 radical (unpaired) electrons. The van der Waals surface area contributed by atoms with E-state index in [-0.39, 0.29) is 0 Å². The van der Waals surface area contributed by atoms with Gasteiger partial charge in [-0.05, 0) is 42.5 Å². The summed E-state index contributed by atoms with van der Waals surface area (Å²) in [7, 11) is 1.73. The monoisotopic (exact) mass is 526 g/mol. The van der Waals surface area contributed by atoms with E-state index in [0.717, 1.165) is 35.3 Å². The molecule has 1 aromatic heterocycles. The number of halogens is 4. The quantitative estimate of drug-likeness (QED) is 0.387. The zero-order chi connectivity index (χ0) is 24.6. The van der Waals surface area contributed by atoms with E-state index < -0.39 is 12.1 Å². The van der Waals surface area contributed by atoms with Crippen molar-refractivity contribution in [3.63, 3.8) is 0 Å². The number of rotatable bonds is 7. The summed E-state index contributed by atoms with van der Waals surface area (Å²) in [5.41, 5.74) is 4.78. The van der Waals surface area contributed by atoms with Crippen LogP contribution in [0.1, 0.15) is 25.1 Å². The van der Waals surface area contributed by atoms with Crippen LogP contribution >= 0.6 is 15.9 Å². The van der Waals surface area contributed by atoms with Crippen molar-refractivity contribution in [2.75, 3.05) is 7.11 Å². The summed E-state index contributed by atoms with van der Waals surface area (Å²) in [5, 5.41) is 7.12. The largest absolute Gasteiger partial charge is 0.496 e. The molecular formula is C24H26BrF3N2O3. The minimum absolute atomic E-state index is 0.575. The van der Waals surface area contributed by atoms with Crippen LogP contribution in [0, 0.1) is 5.92 Å². The van der Waals surface area contributed by atoms with Crippen molar-refractivity contribution < 1.29 is 27.8 Å². The van der Waals surface area contributed by atoms with Gasteiger partial charge >= 0.3 is 12.1 Å². The maximum atomic E-state index is 10.6. The number of hydrogen-bond acceptors (Lipinski definition) is 3. The number of nitrogens with zero attached hydrogens (tertiary/aromatic N) is 2. The smallest absolute Gasteiger partial charge is 0.490 e. The van der Waals surface area contributed by atoms with Crippen LogP contribution < -0.4 is 4.74 Å². The molecule has 0 spiro atoms. The molecule has 1 N–H and O–H groups in total. The molecule has 0 amide bonds. The number of carboxylic acids is 1. The third-order valence-electron chi connectivity index (χ3n) is 4.72. The average molecular weight is 527 g/mol. The van der Waals surface area contributed by atoms with E-state index in [4.69, 9.17) is 19.6 Å². The highest BCUT2D eigenvalue weighted by Crippen LogP contribution is 2.27. The zero-order valence-electron chi connectivity index (χ0n) is 18.6. The number of methoxy groups -OCH3 is 1. The number of ether oxygens (including phenoxy) is 1. The number of aliphatic carboxylic acids is 1. The van der Waals surface area contributed by atoms with Crippen LogP contribution in [0.4, 0.5) is 13.2 Å². The number of carbonyl (C=O) groups is 1. The lowest BCUT2D eigenvalue weighted by molar-refractivity contribution is -0.192. The first-order chi connectivity index (χ1) is 15.5. The number of aromatic nitrogens is 2. The highest BCUT2D eigenvalue weighted by Gasteiger charge is 2.38. The number of carboxylic acid groups (broad SMARTS) is 1. The van der Waals surface area contributed by atoms with Gasteiger partial charge in [0, 0.05) is 22.3 Å². The molecule has 3 rings (SSSR count). The molecular weight excluding hydrogens is 501 g/mol. The summed E-state index contributed by atoms with van der Waals surface area (Å²) in [4.78, 5) is 13.6. The molecule has 33 heavy (non-hydrogen) atoms. The highest BCUT2D eigenvalue weighted by atomic mass is 79.9. The van der Waals surface area contributed by atoms with Crippen LogP contribution in [0.2, 0.25) is 0 Å². The first-order valence-corrected chi connectivity index (χ1v) is 11.0. The van der Waals surface area contributed by atoms with E-state index in [1.807, 2.05) is 18.5 Å². The van der Waals surface area contributed by atoms with Gasteiger partial charge in [-0.1, -0.05) is 60.1 Å². The third-order valence-corrected chi connectivity index (χ3v) is 5.25. The molecule has 0 fully saturated rings. The first kappa shape index (κ1) is 26.4. The minimum atomic E-state index is -5.08. The van der Waals surface area contributed by atoms with E-state index in [0.29, 0.717) is 5.92 Å². The molecule has 1 heterocycles. The van der Waals surface area contributed by atoms with Gasteiger partial charge in [-0.25, -0.2) is 9.78 Å². The number of alkyl halides is 3. The van der Waals surface area contributed by atoms with E-state index in [9.17, 15) is 13.2 Å². The van der Waals surface area contributed by atoms with Crippen molar-refractivity contribution in [2.45, 2.75) is 39.4 Å². The Bertz CT molecular complexity index is 1050. The van der Waals surface area contributed by atoms with Crippen molar-refractivity contribution in [2.24, 2.45) is 5.92 Å². The summed E-state index contributed by atoms with van der Waals surface area (Å²) in [6.45, 7) is 5.40. The molecule has 5 nitrogen and oxygen atoms in total. The fraction of sp³-hybridized carbons (Fsp3) is 0.333. The lowest BCUT2D eigenvalue weighted by Gasteiger charge is -2.14. The second-order valence-corrected chi connectivity index (χ2v) is 8.62. The maximum absolute atomic E-state index is 10.6. The van der Waals surface area contributed by atoms with Crippen molar-refractivity contribution in [3.8, 4) is 17.0 Å². The van der Waals surface area contributed by atoms with Gasteiger partial charge in [0.05, 0.1) is 19.1 Å². The van der Waals surface area contributed by atoms with Crippen LogP contribution in [0.5, 0.6) is 5.75 Å². The molecule has 0 aliphatic carbocycles. The van der Waals surface area contributed by atoms with Gasteiger partial charge in [-0.2, -0.15) is 13.2 Å². The van der Waals surface area contributed by atoms with Gasteiger partial charge in [0.15, 0.2) is 0 Å². The number of para-hydroxylation sites is 1. The molecule has 0 aliphatic heterocycles. The summed E-state index contributed by atoms with van der Waals surface area (Å²) < 4.78 is 40.6. The molecule has 0 aliphatic rings. The van der Waals surface area contributed by atoms with E-state index in [1.165, 1.54) is 16.8 Å². The Labute approximate surface area is 199 Å². The van der Waals surface area contributed by atoms with E-state index in [1.54, 1.807) is 7.11 Å². The zero-order valence-corrected chi connectivity index (χ0v) is 20.2. The molecule has 0 saturated heterocycles. The second-order valence-electron chi connectivity index (χ2n) is 7.70. The molecule has 2 aromatic carbocycles. The summed E-state index contributed by atoms with van der Waals surface area (Å²) in [6.07, 6.45) is -1.17. The van der Waals surface area contributed by atoms with Crippen molar-refractivity contribution in [1.82, 2.24) is 9.55 Å². The number of aryl methyl sites for hydroxylation is 2. The average Bonchev–Trinajstić information content (AvgIpc) is 3.14. The van der Waals surface area contributed by atoms with Crippen LogP contribution in [-0.2, 0) is 24.2 Å². The standard InChI is InChI=1S/C22H25BrN2O.C2HF3O2/c1-16(2)14-20-22(18-8-10-19(23)11-9-18)24-15-25(20)13-12-17-6-4-5-7-21(17)26-3;3-2(4,5)1(6)7/h4-11,15-16H,12-14H2,1-3H3;(H,6,7). The van der Waals surface area contributed by atoms with E-state index >= 15 is 0 Å². The van der Waals surface area contributed by atoms with Crippen molar-refractivity contribution in [3.05, 3.63) is 70.6 Å². The molecule has 0 bridgehead atoms. The Balaban J connectivity index is 0.000000479. The number of imidazole rings is 1. The Morgan fingerprint density at radius 1 is 1.15 bits per heavy atom. The van der Waals surface area contributed by atoms with Gasteiger partial charge in [0.25, 0.3) is 0 Å². The SMILES string of the molecule is COc1ccccc1CCn1cnc(-c2ccc(Br)cc2)c1CC(C)C.O=C(O)C(F)(F)F. The Hall–Kier alpha value is -2.81.